The summed E-state index contributed by atoms with van der Waals surface area (Å²) in [4.78, 5) is 55.4. The van der Waals surface area contributed by atoms with Gasteiger partial charge in [0.1, 0.15) is 12.1 Å². The number of imidazole rings is 1. The van der Waals surface area contributed by atoms with Crippen LogP contribution in [0, 0.1) is 11.3 Å². The fourth-order valence-corrected chi connectivity index (χ4v) is 5.43. The van der Waals surface area contributed by atoms with Gasteiger partial charge in [-0.25, -0.2) is 9.59 Å². The zero-order valence-electron chi connectivity index (χ0n) is 20.0. The number of aliphatic carboxylic acids is 1. The van der Waals surface area contributed by atoms with Gasteiger partial charge in [0.05, 0.1) is 17.1 Å². The van der Waals surface area contributed by atoms with Gasteiger partial charge in [-0.15, -0.1) is 0 Å². The van der Waals surface area contributed by atoms with Gasteiger partial charge in [-0.3, -0.25) is 14.2 Å². The number of carboxylic acids is 1. The van der Waals surface area contributed by atoms with Crippen LogP contribution >= 0.6 is 0 Å². The maximum absolute atomic E-state index is 13.7. The third kappa shape index (κ3) is 4.74. The molecule has 2 amide bonds. The van der Waals surface area contributed by atoms with E-state index < -0.39 is 35.4 Å². The van der Waals surface area contributed by atoms with Gasteiger partial charge in [0.2, 0.25) is 11.8 Å². The van der Waals surface area contributed by atoms with E-state index in [2.05, 4.69) is 10.3 Å². The number of amides is 2. The van der Waals surface area contributed by atoms with E-state index in [1.165, 1.54) is 4.90 Å². The first kappa shape index (κ1) is 24.0. The summed E-state index contributed by atoms with van der Waals surface area (Å²) in [5.74, 6) is -1.37. The molecule has 184 valence electrons. The Kier molecular flexibility index (Phi) is 6.55. The Morgan fingerprint density at radius 1 is 1.18 bits per heavy atom. The van der Waals surface area contributed by atoms with E-state index in [0.717, 1.165) is 25.7 Å². The van der Waals surface area contributed by atoms with Crippen molar-refractivity contribution in [3.05, 3.63) is 34.7 Å². The molecule has 1 aromatic carbocycles. The van der Waals surface area contributed by atoms with E-state index in [1.807, 2.05) is 32.9 Å². The van der Waals surface area contributed by atoms with Gasteiger partial charge >= 0.3 is 11.7 Å². The number of fused-ring (bicyclic) bond motifs is 1. The van der Waals surface area contributed by atoms with Crippen molar-refractivity contribution in [3.8, 4) is 0 Å². The van der Waals surface area contributed by atoms with Crippen molar-refractivity contribution >= 4 is 28.8 Å². The lowest BCUT2D eigenvalue weighted by molar-refractivity contribution is -0.150. The van der Waals surface area contributed by atoms with Crippen molar-refractivity contribution in [2.45, 2.75) is 77.4 Å². The molecule has 1 saturated carbocycles. The van der Waals surface area contributed by atoms with E-state index in [0.29, 0.717) is 23.4 Å². The second kappa shape index (κ2) is 9.27. The number of aromatic nitrogens is 2. The molecule has 3 atom stereocenters. The molecular weight excluding hydrogens is 436 g/mol. The van der Waals surface area contributed by atoms with Crippen molar-refractivity contribution < 1.29 is 19.5 Å². The molecule has 2 fully saturated rings. The van der Waals surface area contributed by atoms with E-state index in [-0.39, 0.29) is 24.6 Å². The molecule has 3 N–H and O–H groups in total. The first-order valence-corrected chi connectivity index (χ1v) is 12.1. The predicted octanol–water partition coefficient (Wildman–Crippen LogP) is 2.67. The highest BCUT2D eigenvalue weighted by Gasteiger charge is 2.46. The highest BCUT2D eigenvalue weighted by Crippen LogP contribution is 2.32. The van der Waals surface area contributed by atoms with Crippen molar-refractivity contribution in [2.24, 2.45) is 11.3 Å². The Morgan fingerprint density at radius 3 is 2.50 bits per heavy atom. The molecule has 0 radical (unpaired) electrons. The second-order valence-electron chi connectivity index (χ2n) is 10.8. The molecule has 1 aliphatic heterocycles. The molecule has 1 aromatic heterocycles. The molecule has 0 unspecified atom stereocenters. The molecule has 9 heteroatoms. The Balaban J connectivity index is 1.58. The zero-order valence-corrected chi connectivity index (χ0v) is 20.0. The summed E-state index contributed by atoms with van der Waals surface area (Å²) >= 11 is 0. The summed E-state index contributed by atoms with van der Waals surface area (Å²) in [7, 11) is 0. The minimum atomic E-state index is -1.12. The number of rotatable bonds is 6. The van der Waals surface area contributed by atoms with Crippen LogP contribution in [0.3, 0.4) is 0 Å². The van der Waals surface area contributed by atoms with Crippen LogP contribution in [0.4, 0.5) is 0 Å². The summed E-state index contributed by atoms with van der Waals surface area (Å²) in [6, 6.07) is 4.80. The van der Waals surface area contributed by atoms with Gasteiger partial charge in [-0.1, -0.05) is 45.7 Å². The Morgan fingerprint density at radius 2 is 1.85 bits per heavy atom. The lowest BCUT2D eigenvalue weighted by Crippen LogP contribution is -2.56. The van der Waals surface area contributed by atoms with Crippen molar-refractivity contribution in [2.75, 3.05) is 6.54 Å². The van der Waals surface area contributed by atoms with Crippen molar-refractivity contribution in [1.29, 1.82) is 0 Å². The molecule has 34 heavy (non-hydrogen) atoms. The lowest BCUT2D eigenvalue weighted by Gasteiger charge is -2.35. The fraction of sp³-hybridized carbons (Fsp3) is 0.600. The van der Waals surface area contributed by atoms with Crippen LogP contribution in [0.25, 0.3) is 11.0 Å². The standard InChI is InChI=1S/C25H34N4O5/c1-25(2,3)21(27-20(30)12-15-8-4-5-9-15)22(31)28-14-16(13-19(28)23(32)33)29-18-11-7-6-10-17(18)26-24(29)34/h6-7,10-11,15-16,19,21H,4-5,8-9,12-14H2,1-3H3,(H,26,34)(H,27,30)(H,32,33)/t16-,19+,21-/m1/s1. The summed E-state index contributed by atoms with van der Waals surface area (Å²) in [5.41, 5.74) is 0.396. The minimum Gasteiger partial charge on any atom is -0.480 e. The van der Waals surface area contributed by atoms with Gasteiger partial charge < -0.3 is 20.3 Å². The monoisotopic (exact) mass is 470 g/mol. The maximum Gasteiger partial charge on any atom is 0.326 e. The number of hydrogen-bond donors (Lipinski definition) is 3. The molecule has 1 aliphatic carbocycles. The van der Waals surface area contributed by atoms with Gasteiger partial charge in [-0.2, -0.15) is 0 Å². The van der Waals surface area contributed by atoms with Crippen LogP contribution in [0.1, 0.15) is 65.3 Å². The molecule has 1 saturated heterocycles. The minimum absolute atomic E-state index is 0.0859. The first-order chi connectivity index (χ1) is 16.1. The van der Waals surface area contributed by atoms with Crippen molar-refractivity contribution in [3.63, 3.8) is 0 Å². The van der Waals surface area contributed by atoms with Crippen LogP contribution in [0.2, 0.25) is 0 Å². The third-order valence-corrected chi connectivity index (χ3v) is 7.20. The van der Waals surface area contributed by atoms with Crippen LogP contribution in [-0.4, -0.2) is 56.0 Å². The van der Waals surface area contributed by atoms with Crippen LogP contribution in [0.15, 0.2) is 29.1 Å². The molecule has 9 nitrogen and oxygen atoms in total. The normalized spacial score (nSPS) is 22.3. The average Bonchev–Trinajstić information content (AvgIpc) is 3.48. The maximum atomic E-state index is 13.7. The number of H-pyrrole nitrogens is 1. The number of benzene rings is 1. The summed E-state index contributed by atoms with van der Waals surface area (Å²) in [5, 5.41) is 12.8. The number of nitrogens with one attached hydrogen (secondary N) is 2. The molecule has 2 aromatic rings. The van der Waals surface area contributed by atoms with Gasteiger partial charge in [0.25, 0.3) is 0 Å². The van der Waals surface area contributed by atoms with Crippen LogP contribution in [-0.2, 0) is 14.4 Å². The van der Waals surface area contributed by atoms with E-state index in [1.54, 1.807) is 16.7 Å². The van der Waals surface area contributed by atoms with Crippen molar-refractivity contribution in [1.82, 2.24) is 19.8 Å². The molecular formula is C25H34N4O5. The highest BCUT2D eigenvalue weighted by atomic mass is 16.4. The highest BCUT2D eigenvalue weighted by molar-refractivity contribution is 5.91. The second-order valence-corrected chi connectivity index (χ2v) is 10.8. The Hall–Kier alpha value is -3.10. The van der Waals surface area contributed by atoms with E-state index >= 15 is 0 Å². The topological polar surface area (TPSA) is 124 Å². The summed E-state index contributed by atoms with van der Waals surface area (Å²) in [6.45, 7) is 5.67. The Bertz CT molecular complexity index is 1140. The first-order valence-electron chi connectivity index (χ1n) is 12.1. The summed E-state index contributed by atoms with van der Waals surface area (Å²) < 4.78 is 1.54. The smallest absolute Gasteiger partial charge is 0.326 e. The molecule has 2 aliphatic rings. The number of aromatic amines is 1. The number of likely N-dealkylation sites (tertiary alicyclic amines) is 1. The third-order valence-electron chi connectivity index (χ3n) is 7.20. The number of nitrogens with zero attached hydrogens (tertiary/aromatic N) is 2. The predicted molar refractivity (Wildman–Crippen MR) is 127 cm³/mol. The number of carboxylic acid groups (broad SMARTS) is 1. The molecule has 4 rings (SSSR count). The Labute approximate surface area is 198 Å². The average molecular weight is 471 g/mol. The zero-order chi connectivity index (χ0) is 24.6. The number of carbonyl (C=O) groups excluding carboxylic acids is 2. The van der Waals surface area contributed by atoms with Gasteiger partial charge in [0.15, 0.2) is 0 Å². The van der Waals surface area contributed by atoms with Crippen LogP contribution in [0.5, 0.6) is 0 Å². The lowest BCUT2D eigenvalue weighted by atomic mass is 9.85. The van der Waals surface area contributed by atoms with Crippen LogP contribution < -0.4 is 11.0 Å². The molecule has 0 bridgehead atoms. The number of para-hydroxylation sites is 2. The van der Waals surface area contributed by atoms with E-state index in [9.17, 15) is 24.3 Å². The quantitative estimate of drug-likeness (QED) is 0.599. The largest absolute Gasteiger partial charge is 0.480 e. The number of carbonyl (C=O) groups is 3. The SMILES string of the molecule is CC(C)(C)[C@H](NC(=O)CC1CCCC1)C(=O)N1C[C@H](n2c(=O)[nH]c3ccccc32)C[C@H]1C(=O)O. The fourth-order valence-electron chi connectivity index (χ4n) is 5.43. The molecule has 2 heterocycles. The van der Waals surface area contributed by atoms with Gasteiger partial charge in [0, 0.05) is 19.4 Å². The van der Waals surface area contributed by atoms with Gasteiger partial charge in [-0.05, 0) is 36.3 Å². The number of hydrogen-bond acceptors (Lipinski definition) is 4. The summed E-state index contributed by atoms with van der Waals surface area (Å²) in [6.07, 6.45) is 4.81. The van der Waals surface area contributed by atoms with E-state index in [4.69, 9.17) is 0 Å². The molecule has 0 spiro atoms.